The molecule has 0 saturated heterocycles. The highest BCUT2D eigenvalue weighted by atomic mass is 16.3. The molecule has 27 heavy (non-hydrogen) atoms. The lowest BCUT2D eigenvalue weighted by atomic mass is 9.78. The highest BCUT2D eigenvalue weighted by Gasteiger charge is 2.26. The molecule has 0 aliphatic rings. The quantitative estimate of drug-likeness (QED) is 0.573. The molecule has 0 fully saturated rings. The highest BCUT2D eigenvalue weighted by Crippen LogP contribution is 2.40. The Balaban J connectivity index is 2.13. The van der Waals surface area contributed by atoms with E-state index in [1.807, 2.05) is 0 Å². The van der Waals surface area contributed by atoms with Crippen LogP contribution in [0.3, 0.4) is 0 Å². The number of aromatic hydroxyl groups is 1. The zero-order chi connectivity index (χ0) is 20.2. The Morgan fingerprint density at radius 1 is 0.852 bits per heavy atom. The average Bonchev–Trinajstić information content (AvgIpc) is 2.99. The maximum absolute atomic E-state index is 10.9. The number of benzene rings is 1. The molecule has 2 rings (SSSR count). The van der Waals surface area contributed by atoms with Gasteiger partial charge in [-0.05, 0) is 64.8 Å². The lowest BCUT2D eigenvalue weighted by Crippen LogP contribution is -2.18. The van der Waals surface area contributed by atoms with Crippen LogP contribution in [0.15, 0.2) is 30.6 Å². The van der Waals surface area contributed by atoms with Gasteiger partial charge in [-0.3, -0.25) is 0 Å². The standard InChI is InChI=1S/C25H39NO/c1-8-9-14-26-15-13-19(18-26)11-10-12-20-16-21(24(2,3)4)23(27)22(17-20)25(5,6)7/h13,15-18,27H,8-12,14H2,1-7H3. The van der Waals surface area contributed by atoms with Gasteiger partial charge in [0.25, 0.3) is 0 Å². The van der Waals surface area contributed by atoms with Crippen LogP contribution in [0.25, 0.3) is 0 Å². The molecule has 0 amide bonds. The van der Waals surface area contributed by atoms with Gasteiger partial charge in [0.2, 0.25) is 0 Å². The first-order valence-electron chi connectivity index (χ1n) is 10.5. The van der Waals surface area contributed by atoms with Crippen LogP contribution < -0.4 is 0 Å². The monoisotopic (exact) mass is 369 g/mol. The Morgan fingerprint density at radius 2 is 1.41 bits per heavy atom. The molecule has 1 aromatic carbocycles. The third-order valence-electron chi connectivity index (χ3n) is 5.30. The zero-order valence-corrected chi connectivity index (χ0v) is 18.5. The van der Waals surface area contributed by atoms with E-state index in [9.17, 15) is 5.11 Å². The van der Waals surface area contributed by atoms with Gasteiger partial charge in [-0.15, -0.1) is 0 Å². The maximum Gasteiger partial charge on any atom is 0.123 e. The van der Waals surface area contributed by atoms with Crippen LogP contribution in [0, 0.1) is 0 Å². The van der Waals surface area contributed by atoms with E-state index in [0.717, 1.165) is 36.9 Å². The minimum absolute atomic E-state index is 0.0589. The molecule has 0 aliphatic carbocycles. The summed E-state index contributed by atoms with van der Waals surface area (Å²) in [5.41, 5.74) is 4.78. The van der Waals surface area contributed by atoms with Crippen molar-refractivity contribution in [3.05, 3.63) is 52.8 Å². The molecular formula is C25H39NO. The Bertz CT molecular complexity index is 705. The fourth-order valence-electron chi connectivity index (χ4n) is 3.60. The van der Waals surface area contributed by atoms with E-state index in [4.69, 9.17) is 0 Å². The molecule has 0 aliphatic heterocycles. The first-order valence-corrected chi connectivity index (χ1v) is 10.5. The van der Waals surface area contributed by atoms with Crippen LogP contribution in [0.1, 0.15) is 90.0 Å². The summed E-state index contributed by atoms with van der Waals surface area (Å²) in [6.07, 6.45) is 10.3. The van der Waals surface area contributed by atoms with Crippen molar-refractivity contribution in [2.45, 2.75) is 97.9 Å². The minimum atomic E-state index is -0.0589. The third kappa shape index (κ3) is 5.89. The second-order valence-corrected chi connectivity index (χ2v) is 10.0. The van der Waals surface area contributed by atoms with Crippen molar-refractivity contribution in [2.75, 3.05) is 0 Å². The van der Waals surface area contributed by atoms with Crippen LogP contribution in [0.5, 0.6) is 5.75 Å². The molecule has 0 bridgehead atoms. The van der Waals surface area contributed by atoms with Crippen LogP contribution >= 0.6 is 0 Å². The Kier molecular flexibility index (Phi) is 6.83. The summed E-state index contributed by atoms with van der Waals surface area (Å²) in [6.45, 7) is 16.4. The SMILES string of the molecule is CCCCn1ccc(CCCc2cc(C(C)(C)C)c(O)c(C(C)(C)C)c2)c1. The number of phenolic OH excluding ortho intramolecular Hbond substituents is 1. The number of aryl methyl sites for hydroxylation is 3. The van der Waals surface area contributed by atoms with Gasteiger partial charge in [-0.25, -0.2) is 0 Å². The van der Waals surface area contributed by atoms with Gasteiger partial charge in [-0.2, -0.15) is 0 Å². The van der Waals surface area contributed by atoms with Gasteiger partial charge >= 0.3 is 0 Å². The second-order valence-electron chi connectivity index (χ2n) is 10.0. The number of aromatic nitrogens is 1. The highest BCUT2D eigenvalue weighted by molar-refractivity contribution is 5.49. The number of nitrogens with zero attached hydrogens (tertiary/aromatic N) is 1. The Hall–Kier alpha value is -1.70. The summed E-state index contributed by atoms with van der Waals surface area (Å²) >= 11 is 0. The first kappa shape index (κ1) is 21.6. The maximum atomic E-state index is 10.9. The summed E-state index contributed by atoms with van der Waals surface area (Å²) in [5.74, 6) is 0.478. The zero-order valence-electron chi connectivity index (χ0n) is 18.5. The molecule has 0 unspecified atom stereocenters. The van der Waals surface area contributed by atoms with Crippen molar-refractivity contribution in [1.82, 2.24) is 4.57 Å². The number of unbranched alkanes of at least 4 members (excludes halogenated alkanes) is 1. The smallest absolute Gasteiger partial charge is 0.123 e. The average molecular weight is 370 g/mol. The largest absolute Gasteiger partial charge is 0.507 e. The molecule has 1 heterocycles. The number of hydrogen-bond acceptors (Lipinski definition) is 1. The topological polar surface area (TPSA) is 25.2 Å². The molecule has 1 N–H and O–H groups in total. The Morgan fingerprint density at radius 3 is 1.93 bits per heavy atom. The van der Waals surface area contributed by atoms with Gasteiger partial charge in [0.05, 0.1) is 0 Å². The van der Waals surface area contributed by atoms with E-state index in [1.165, 1.54) is 24.0 Å². The molecule has 0 radical (unpaired) electrons. The molecule has 0 saturated carbocycles. The fourth-order valence-corrected chi connectivity index (χ4v) is 3.60. The van der Waals surface area contributed by atoms with E-state index < -0.39 is 0 Å². The van der Waals surface area contributed by atoms with E-state index in [-0.39, 0.29) is 10.8 Å². The molecular weight excluding hydrogens is 330 g/mol. The predicted octanol–water partition coefficient (Wildman–Crippen LogP) is 6.76. The summed E-state index contributed by atoms with van der Waals surface area (Å²) in [7, 11) is 0. The van der Waals surface area contributed by atoms with Gasteiger partial charge in [-0.1, -0.05) is 67.0 Å². The van der Waals surface area contributed by atoms with E-state index >= 15 is 0 Å². The summed E-state index contributed by atoms with van der Waals surface area (Å²) in [4.78, 5) is 0. The fraction of sp³-hybridized carbons (Fsp3) is 0.600. The van der Waals surface area contributed by atoms with Crippen molar-refractivity contribution >= 4 is 0 Å². The molecule has 150 valence electrons. The van der Waals surface area contributed by atoms with Crippen molar-refractivity contribution < 1.29 is 5.11 Å². The van der Waals surface area contributed by atoms with Crippen molar-refractivity contribution in [3.8, 4) is 5.75 Å². The van der Waals surface area contributed by atoms with Gasteiger partial charge < -0.3 is 9.67 Å². The second kappa shape index (κ2) is 8.54. The molecule has 0 spiro atoms. The number of phenols is 1. The normalized spacial score (nSPS) is 12.6. The van der Waals surface area contributed by atoms with Gasteiger partial charge in [0.1, 0.15) is 5.75 Å². The predicted molar refractivity (Wildman–Crippen MR) is 117 cm³/mol. The minimum Gasteiger partial charge on any atom is -0.507 e. The lowest BCUT2D eigenvalue weighted by Gasteiger charge is -2.28. The van der Waals surface area contributed by atoms with Crippen LogP contribution in [0.2, 0.25) is 0 Å². The molecule has 2 heteroatoms. The molecule has 0 atom stereocenters. The molecule has 1 aromatic heterocycles. The van der Waals surface area contributed by atoms with Crippen molar-refractivity contribution in [3.63, 3.8) is 0 Å². The Labute approximate surface area is 166 Å². The summed E-state index contributed by atoms with van der Waals surface area (Å²) < 4.78 is 2.31. The van der Waals surface area contributed by atoms with Gasteiger partial charge in [0.15, 0.2) is 0 Å². The van der Waals surface area contributed by atoms with Crippen molar-refractivity contribution in [1.29, 1.82) is 0 Å². The number of hydrogen-bond donors (Lipinski definition) is 1. The van der Waals surface area contributed by atoms with E-state index in [0.29, 0.717) is 5.75 Å². The van der Waals surface area contributed by atoms with Crippen molar-refractivity contribution in [2.24, 2.45) is 0 Å². The van der Waals surface area contributed by atoms with Crippen LogP contribution in [-0.2, 0) is 30.2 Å². The summed E-state index contributed by atoms with van der Waals surface area (Å²) in [6, 6.07) is 6.70. The van der Waals surface area contributed by atoms with Gasteiger partial charge in [0, 0.05) is 18.9 Å². The van der Waals surface area contributed by atoms with E-state index in [2.05, 4.69) is 83.6 Å². The third-order valence-corrected chi connectivity index (χ3v) is 5.30. The number of rotatable bonds is 7. The van der Waals surface area contributed by atoms with Crippen LogP contribution in [-0.4, -0.2) is 9.67 Å². The van der Waals surface area contributed by atoms with Crippen LogP contribution in [0.4, 0.5) is 0 Å². The lowest BCUT2D eigenvalue weighted by molar-refractivity contribution is 0.422. The van der Waals surface area contributed by atoms with E-state index in [1.54, 1.807) is 0 Å². The summed E-state index contributed by atoms with van der Waals surface area (Å²) in [5, 5.41) is 10.9. The molecule has 2 aromatic rings. The first-order chi connectivity index (χ1) is 12.5. The molecule has 2 nitrogen and oxygen atoms in total.